The first-order valence-corrected chi connectivity index (χ1v) is 11.0. The van der Waals surface area contributed by atoms with Crippen LogP contribution in [0.4, 0.5) is 5.69 Å². The Labute approximate surface area is 172 Å². The molecule has 2 N–H and O–H groups in total. The summed E-state index contributed by atoms with van der Waals surface area (Å²) in [6.45, 7) is 0. The Hall–Kier alpha value is -2.14. The highest BCUT2D eigenvalue weighted by molar-refractivity contribution is 7.87. The molecule has 0 bridgehead atoms. The summed E-state index contributed by atoms with van der Waals surface area (Å²) in [7, 11) is -9.36. The van der Waals surface area contributed by atoms with E-state index in [-0.39, 0.29) is 11.3 Å². The van der Waals surface area contributed by atoms with Crippen LogP contribution < -0.4 is 0 Å². The van der Waals surface area contributed by atoms with Gasteiger partial charge in [0.2, 0.25) is 4.87 Å². The zero-order chi connectivity index (χ0) is 21.0. The Morgan fingerprint density at radius 2 is 1.82 bits per heavy atom. The molecule has 2 rings (SSSR count). The number of thiocarbonyl (C=S) groups is 2. The van der Waals surface area contributed by atoms with E-state index in [1.165, 1.54) is 42.5 Å². The standard InChI is InChI=1S/C16H12N2O6S4/c19-27(20,21)15-9-14(17-10-25)7-5-12(15)4-6-13-3-1-2-8-16(13,18-11-26)28(22,23)24/h1-9,13H,(H,19,20,21)(H,22,23,24). The topological polar surface area (TPSA) is 133 Å². The normalized spacial score (nSPS) is 21.9. The molecule has 1 aromatic rings. The van der Waals surface area contributed by atoms with Crippen LogP contribution >= 0.6 is 24.4 Å². The number of nitrogens with zero attached hydrogens (tertiary/aromatic N) is 2. The maximum absolute atomic E-state index is 12.0. The van der Waals surface area contributed by atoms with E-state index in [0.717, 1.165) is 12.1 Å². The number of rotatable bonds is 6. The molecule has 0 fully saturated rings. The summed E-state index contributed by atoms with van der Waals surface area (Å²) < 4.78 is 66.4. The van der Waals surface area contributed by atoms with Gasteiger partial charge in [-0.2, -0.15) is 21.8 Å². The molecule has 0 spiro atoms. The van der Waals surface area contributed by atoms with Crippen molar-refractivity contribution in [2.75, 3.05) is 0 Å². The van der Waals surface area contributed by atoms with Gasteiger partial charge in [-0.25, -0.2) is 4.99 Å². The summed E-state index contributed by atoms with van der Waals surface area (Å²) in [6.07, 6.45) is 8.03. The number of allylic oxidation sites excluding steroid dienone is 2. The Balaban J connectivity index is 2.61. The van der Waals surface area contributed by atoms with Gasteiger partial charge in [-0.15, -0.1) is 0 Å². The summed E-state index contributed by atoms with van der Waals surface area (Å²) >= 11 is 8.96. The van der Waals surface area contributed by atoms with Crippen molar-refractivity contribution in [3.63, 3.8) is 0 Å². The fourth-order valence-electron chi connectivity index (χ4n) is 2.54. The van der Waals surface area contributed by atoms with Gasteiger partial charge in [-0.1, -0.05) is 36.4 Å². The molecule has 1 aliphatic rings. The molecule has 146 valence electrons. The zero-order valence-electron chi connectivity index (χ0n) is 13.8. The summed E-state index contributed by atoms with van der Waals surface area (Å²) in [5.74, 6) is -1.03. The molecule has 0 aliphatic heterocycles. The quantitative estimate of drug-likeness (QED) is 0.379. The largest absolute Gasteiger partial charge is 0.296 e. The van der Waals surface area contributed by atoms with Gasteiger partial charge in [0.1, 0.15) is 4.90 Å². The number of isothiocyanates is 2. The molecule has 1 aliphatic carbocycles. The SMILES string of the molecule is O=S(=O)(O)c1cc(N=C=S)ccc1C=CC1C=CC=CC1(N=C=S)S(=O)(=O)O. The predicted molar refractivity (Wildman–Crippen MR) is 111 cm³/mol. The van der Waals surface area contributed by atoms with Crippen LogP contribution in [0.25, 0.3) is 6.08 Å². The molecule has 0 heterocycles. The second kappa shape index (κ2) is 8.48. The maximum atomic E-state index is 12.0. The minimum atomic E-state index is -4.74. The Bertz CT molecular complexity index is 1190. The minimum Gasteiger partial charge on any atom is -0.283 e. The summed E-state index contributed by atoms with van der Waals surface area (Å²) in [5.41, 5.74) is 0.196. The molecule has 28 heavy (non-hydrogen) atoms. The van der Waals surface area contributed by atoms with Crippen LogP contribution in [-0.4, -0.2) is 41.1 Å². The van der Waals surface area contributed by atoms with Gasteiger partial charge >= 0.3 is 0 Å². The van der Waals surface area contributed by atoms with Gasteiger partial charge in [-0.3, -0.25) is 9.11 Å². The van der Waals surface area contributed by atoms with Crippen molar-refractivity contribution in [3.05, 3.63) is 54.1 Å². The third-order valence-corrected chi connectivity index (χ3v) is 6.23. The highest BCUT2D eigenvalue weighted by Gasteiger charge is 2.46. The summed E-state index contributed by atoms with van der Waals surface area (Å²) in [5, 5.41) is 4.04. The third kappa shape index (κ3) is 4.64. The van der Waals surface area contributed by atoms with E-state index < -0.39 is 35.9 Å². The molecule has 0 aromatic heterocycles. The van der Waals surface area contributed by atoms with Crippen molar-refractivity contribution in [1.82, 2.24) is 0 Å². The molecule has 12 heteroatoms. The third-order valence-electron chi connectivity index (χ3n) is 3.81. The fourth-order valence-corrected chi connectivity index (χ4v) is 4.47. The van der Waals surface area contributed by atoms with E-state index in [0.29, 0.717) is 0 Å². The van der Waals surface area contributed by atoms with Crippen LogP contribution in [0.1, 0.15) is 5.56 Å². The Morgan fingerprint density at radius 1 is 1.11 bits per heavy atom. The van der Waals surface area contributed by atoms with E-state index >= 15 is 0 Å². The maximum Gasteiger partial charge on any atom is 0.296 e. The second-order valence-electron chi connectivity index (χ2n) is 5.46. The Morgan fingerprint density at radius 3 is 2.39 bits per heavy atom. The molecule has 0 amide bonds. The first kappa shape index (κ1) is 22.2. The van der Waals surface area contributed by atoms with Crippen molar-refractivity contribution >= 4 is 66.8 Å². The van der Waals surface area contributed by atoms with E-state index in [1.54, 1.807) is 0 Å². The lowest BCUT2D eigenvalue weighted by Gasteiger charge is -2.28. The van der Waals surface area contributed by atoms with E-state index in [1.807, 2.05) is 5.16 Å². The van der Waals surface area contributed by atoms with Gasteiger partial charge in [0, 0.05) is 5.92 Å². The van der Waals surface area contributed by atoms with Crippen LogP contribution in [0.15, 0.2) is 63.5 Å². The number of benzene rings is 1. The summed E-state index contributed by atoms with van der Waals surface area (Å²) in [6, 6.07) is 3.84. The van der Waals surface area contributed by atoms with Crippen LogP contribution in [0.2, 0.25) is 0 Å². The minimum absolute atomic E-state index is 0.0457. The van der Waals surface area contributed by atoms with E-state index in [9.17, 15) is 25.9 Å². The lowest BCUT2D eigenvalue weighted by atomic mass is 9.93. The first-order valence-electron chi connectivity index (χ1n) is 7.35. The lowest BCUT2D eigenvalue weighted by molar-refractivity contribution is 0.431. The van der Waals surface area contributed by atoms with Crippen molar-refractivity contribution in [2.24, 2.45) is 15.9 Å². The lowest BCUT2D eigenvalue weighted by Crippen LogP contribution is -2.41. The first-order chi connectivity index (χ1) is 13.0. The molecule has 8 nitrogen and oxygen atoms in total. The van der Waals surface area contributed by atoms with E-state index in [4.69, 9.17) is 0 Å². The Kier molecular flexibility index (Phi) is 6.71. The fraction of sp³-hybridized carbons (Fsp3) is 0.125. The molecular weight excluding hydrogens is 444 g/mol. The van der Waals surface area contributed by atoms with Crippen molar-refractivity contribution in [3.8, 4) is 0 Å². The average molecular weight is 457 g/mol. The molecule has 0 saturated carbocycles. The van der Waals surface area contributed by atoms with Gasteiger partial charge in [-0.05, 0) is 48.2 Å². The van der Waals surface area contributed by atoms with Gasteiger partial charge in [0.15, 0.2) is 0 Å². The van der Waals surface area contributed by atoms with Gasteiger partial charge in [0.05, 0.1) is 16.0 Å². The van der Waals surface area contributed by atoms with Crippen molar-refractivity contribution in [2.45, 2.75) is 9.77 Å². The average Bonchev–Trinajstić information content (AvgIpc) is 2.60. The van der Waals surface area contributed by atoms with Gasteiger partial charge in [0.25, 0.3) is 20.2 Å². The highest BCUT2D eigenvalue weighted by Crippen LogP contribution is 2.35. The number of hydrogen-bond acceptors (Lipinski definition) is 8. The second-order valence-corrected chi connectivity index (χ2v) is 8.82. The van der Waals surface area contributed by atoms with E-state index in [2.05, 4.69) is 39.6 Å². The van der Waals surface area contributed by atoms with Crippen LogP contribution in [-0.2, 0) is 20.2 Å². The highest BCUT2D eigenvalue weighted by atomic mass is 32.2. The zero-order valence-corrected chi connectivity index (χ0v) is 17.1. The van der Waals surface area contributed by atoms with Gasteiger partial charge < -0.3 is 0 Å². The molecule has 2 atom stereocenters. The summed E-state index contributed by atoms with van der Waals surface area (Å²) in [4.78, 5) is 4.66. The smallest absolute Gasteiger partial charge is 0.283 e. The van der Waals surface area contributed by atoms with Crippen molar-refractivity contribution in [1.29, 1.82) is 0 Å². The molecule has 1 aromatic carbocycles. The monoisotopic (exact) mass is 456 g/mol. The molecule has 0 saturated heterocycles. The van der Waals surface area contributed by atoms with Crippen LogP contribution in [0.5, 0.6) is 0 Å². The number of aliphatic imine (C=N–C) groups is 2. The van der Waals surface area contributed by atoms with Crippen molar-refractivity contribution < 1.29 is 25.9 Å². The molecular formula is C16H12N2O6S4. The molecule has 2 unspecified atom stereocenters. The number of hydrogen-bond donors (Lipinski definition) is 2. The van der Waals surface area contributed by atoms with Crippen LogP contribution in [0, 0.1) is 5.92 Å². The predicted octanol–water partition coefficient (Wildman–Crippen LogP) is 3.11. The molecule has 0 radical (unpaired) electrons. The van der Waals surface area contributed by atoms with Crippen LogP contribution in [0.3, 0.4) is 0 Å².